The van der Waals surface area contributed by atoms with Crippen LogP contribution >= 0.6 is 23.2 Å². The molecule has 2 aromatic heterocycles. The van der Waals surface area contributed by atoms with Gasteiger partial charge in [0.25, 0.3) is 0 Å². The first kappa shape index (κ1) is 19.9. The van der Waals surface area contributed by atoms with Gasteiger partial charge in [-0.2, -0.15) is 0 Å². The third kappa shape index (κ3) is 4.62. The summed E-state index contributed by atoms with van der Waals surface area (Å²) in [5.41, 5.74) is 1.46. The van der Waals surface area contributed by atoms with E-state index in [2.05, 4.69) is 25.0 Å². The number of aromatic nitrogens is 3. The monoisotopic (exact) mass is 436 g/mol. The highest BCUT2D eigenvalue weighted by Gasteiger charge is 2.28. The van der Waals surface area contributed by atoms with Gasteiger partial charge in [0.2, 0.25) is 5.88 Å². The maximum absolute atomic E-state index is 11.3. The van der Waals surface area contributed by atoms with Crippen molar-refractivity contribution in [1.82, 2.24) is 20.4 Å². The normalized spacial score (nSPS) is 19.7. The predicted molar refractivity (Wildman–Crippen MR) is 107 cm³/mol. The molecule has 1 aromatic carbocycles. The standard InChI is InChI=1S/C19H18Cl2N4O4/c20-14-4-3-11(8-15(14)21)16-12(9-22-6-7-27-16)10-28-18-13(2-1-5-23-18)17-24-19(26)29-25-17/h1-5,8,12,16,22H,6-7,9-10H2,(H,24,25,26). The summed E-state index contributed by atoms with van der Waals surface area (Å²) in [7, 11) is 0. The fraction of sp³-hybridized carbons (Fsp3) is 0.316. The number of benzene rings is 1. The molecular weight excluding hydrogens is 419 g/mol. The van der Waals surface area contributed by atoms with Gasteiger partial charge in [0.05, 0.1) is 34.9 Å². The molecule has 8 nitrogen and oxygen atoms in total. The summed E-state index contributed by atoms with van der Waals surface area (Å²) in [6, 6.07) is 8.96. The Kier molecular flexibility index (Phi) is 6.15. The maximum Gasteiger partial charge on any atom is 0.439 e. The molecule has 4 rings (SSSR count). The van der Waals surface area contributed by atoms with Crippen LogP contribution in [0.25, 0.3) is 11.4 Å². The zero-order valence-corrected chi connectivity index (χ0v) is 16.7. The highest BCUT2D eigenvalue weighted by Crippen LogP contribution is 2.33. The summed E-state index contributed by atoms with van der Waals surface area (Å²) in [6.07, 6.45) is 1.38. The third-order valence-corrected chi connectivity index (χ3v) is 5.32. The second-order valence-corrected chi connectivity index (χ2v) is 7.35. The van der Waals surface area contributed by atoms with E-state index in [1.54, 1.807) is 24.4 Å². The molecule has 29 heavy (non-hydrogen) atoms. The molecule has 0 saturated carbocycles. The molecule has 0 amide bonds. The van der Waals surface area contributed by atoms with E-state index in [0.29, 0.717) is 41.2 Å². The lowest BCUT2D eigenvalue weighted by Gasteiger charge is -2.25. The number of ether oxygens (including phenoxy) is 2. The molecule has 152 valence electrons. The molecular formula is C19H18Cl2N4O4. The van der Waals surface area contributed by atoms with Crippen molar-refractivity contribution < 1.29 is 14.0 Å². The number of nitrogens with zero attached hydrogens (tertiary/aromatic N) is 2. The van der Waals surface area contributed by atoms with Crippen molar-refractivity contribution in [1.29, 1.82) is 0 Å². The molecule has 3 aromatic rings. The van der Waals surface area contributed by atoms with E-state index >= 15 is 0 Å². The molecule has 2 atom stereocenters. The second kappa shape index (κ2) is 8.96. The van der Waals surface area contributed by atoms with Gasteiger partial charge < -0.3 is 14.8 Å². The Morgan fingerprint density at radius 1 is 1.24 bits per heavy atom. The summed E-state index contributed by atoms with van der Waals surface area (Å²) in [5, 5.41) is 8.03. The van der Waals surface area contributed by atoms with Gasteiger partial charge in [-0.3, -0.25) is 9.51 Å². The van der Waals surface area contributed by atoms with Gasteiger partial charge in [0, 0.05) is 25.2 Å². The SMILES string of the molecule is O=c1[nH]c(-c2cccnc2OCC2CNCCOC2c2ccc(Cl)c(Cl)c2)no1. The Balaban J connectivity index is 1.56. The number of halogens is 2. The van der Waals surface area contributed by atoms with Gasteiger partial charge in [-0.05, 0) is 29.8 Å². The third-order valence-electron chi connectivity index (χ3n) is 4.58. The van der Waals surface area contributed by atoms with Crippen molar-refractivity contribution in [3.8, 4) is 17.3 Å². The van der Waals surface area contributed by atoms with Crippen LogP contribution in [0.5, 0.6) is 5.88 Å². The van der Waals surface area contributed by atoms with E-state index in [4.69, 9.17) is 32.7 Å². The minimum absolute atomic E-state index is 0.0130. The van der Waals surface area contributed by atoms with Gasteiger partial charge in [-0.15, -0.1) is 0 Å². The molecule has 2 unspecified atom stereocenters. The van der Waals surface area contributed by atoms with E-state index in [9.17, 15) is 4.79 Å². The largest absolute Gasteiger partial charge is 0.477 e. The number of nitrogens with one attached hydrogen (secondary N) is 2. The average Bonchev–Trinajstić information content (AvgIpc) is 3.02. The van der Waals surface area contributed by atoms with Crippen LogP contribution in [0.15, 0.2) is 45.8 Å². The van der Waals surface area contributed by atoms with Crippen molar-refractivity contribution in [2.24, 2.45) is 5.92 Å². The molecule has 2 N–H and O–H groups in total. The smallest absolute Gasteiger partial charge is 0.439 e. The Hall–Kier alpha value is -2.39. The lowest BCUT2D eigenvalue weighted by atomic mass is 9.96. The molecule has 3 heterocycles. The lowest BCUT2D eigenvalue weighted by molar-refractivity contribution is 0.0148. The summed E-state index contributed by atoms with van der Waals surface area (Å²) in [6.45, 7) is 2.32. The van der Waals surface area contributed by atoms with Crippen molar-refractivity contribution >= 4 is 23.2 Å². The molecule has 0 bridgehead atoms. The van der Waals surface area contributed by atoms with Gasteiger partial charge in [-0.25, -0.2) is 9.78 Å². The van der Waals surface area contributed by atoms with Crippen LogP contribution in [0.1, 0.15) is 11.7 Å². The van der Waals surface area contributed by atoms with Crippen molar-refractivity contribution in [3.05, 3.63) is 62.7 Å². The number of hydrogen-bond donors (Lipinski definition) is 2. The lowest BCUT2D eigenvalue weighted by Crippen LogP contribution is -2.29. The van der Waals surface area contributed by atoms with Crippen LogP contribution < -0.4 is 15.8 Å². The maximum atomic E-state index is 11.3. The average molecular weight is 437 g/mol. The van der Waals surface area contributed by atoms with E-state index in [1.165, 1.54) is 0 Å². The zero-order chi connectivity index (χ0) is 20.2. The van der Waals surface area contributed by atoms with Crippen molar-refractivity contribution in [3.63, 3.8) is 0 Å². The summed E-state index contributed by atoms with van der Waals surface area (Å²) in [4.78, 5) is 18.1. The van der Waals surface area contributed by atoms with Gasteiger partial charge >= 0.3 is 5.76 Å². The Bertz CT molecular complexity index is 1040. The zero-order valence-electron chi connectivity index (χ0n) is 15.2. The number of aromatic amines is 1. The molecule has 0 radical (unpaired) electrons. The Labute approximate surface area is 176 Å². The van der Waals surface area contributed by atoms with Gasteiger partial charge in [-0.1, -0.05) is 34.4 Å². The molecule has 1 saturated heterocycles. The van der Waals surface area contributed by atoms with Crippen LogP contribution in [0.2, 0.25) is 10.0 Å². The highest BCUT2D eigenvalue weighted by atomic mass is 35.5. The number of rotatable bonds is 5. The minimum atomic E-state index is -0.643. The summed E-state index contributed by atoms with van der Waals surface area (Å²) in [5.74, 6) is -0.0552. The Morgan fingerprint density at radius 2 is 2.14 bits per heavy atom. The van der Waals surface area contributed by atoms with E-state index < -0.39 is 5.76 Å². The molecule has 1 fully saturated rings. The summed E-state index contributed by atoms with van der Waals surface area (Å²) >= 11 is 12.2. The number of hydrogen-bond acceptors (Lipinski definition) is 7. The van der Waals surface area contributed by atoms with Crippen LogP contribution in [0.3, 0.4) is 0 Å². The number of H-pyrrole nitrogens is 1. The minimum Gasteiger partial charge on any atom is -0.477 e. The molecule has 0 aliphatic carbocycles. The van der Waals surface area contributed by atoms with E-state index in [0.717, 1.165) is 12.1 Å². The molecule has 10 heteroatoms. The van der Waals surface area contributed by atoms with Crippen LogP contribution in [-0.2, 0) is 4.74 Å². The fourth-order valence-corrected chi connectivity index (χ4v) is 3.52. The second-order valence-electron chi connectivity index (χ2n) is 6.54. The first-order chi connectivity index (χ1) is 14.1. The van der Waals surface area contributed by atoms with E-state index in [1.807, 2.05) is 12.1 Å². The van der Waals surface area contributed by atoms with Crippen molar-refractivity contribution in [2.45, 2.75) is 6.10 Å². The number of pyridine rings is 1. The molecule has 1 aliphatic heterocycles. The molecule has 0 spiro atoms. The van der Waals surface area contributed by atoms with Crippen LogP contribution in [0.4, 0.5) is 0 Å². The van der Waals surface area contributed by atoms with E-state index in [-0.39, 0.29) is 17.8 Å². The quantitative estimate of drug-likeness (QED) is 0.633. The van der Waals surface area contributed by atoms with Crippen LogP contribution in [0, 0.1) is 5.92 Å². The highest BCUT2D eigenvalue weighted by molar-refractivity contribution is 6.42. The first-order valence-corrected chi connectivity index (χ1v) is 9.79. The topological polar surface area (TPSA) is 102 Å². The predicted octanol–water partition coefficient (Wildman–Crippen LogP) is 3.09. The molecule has 1 aliphatic rings. The Morgan fingerprint density at radius 3 is 2.93 bits per heavy atom. The van der Waals surface area contributed by atoms with Gasteiger partial charge in [0.15, 0.2) is 5.82 Å². The van der Waals surface area contributed by atoms with Gasteiger partial charge in [0.1, 0.15) is 0 Å². The summed E-state index contributed by atoms with van der Waals surface area (Å²) < 4.78 is 16.7. The van der Waals surface area contributed by atoms with Crippen molar-refractivity contribution in [2.75, 3.05) is 26.3 Å². The first-order valence-electron chi connectivity index (χ1n) is 9.03. The fourth-order valence-electron chi connectivity index (χ4n) is 3.21. The van der Waals surface area contributed by atoms with Crippen LogP contribution in [-0.4, -0.2) is 41.4 Å².